The Kier molecular flexibility index (Phi) is 5.27. The first-order chi connectivity index (χ1) is 13.2. The van der Waals surface area contributed by atoms with Gasteiger partial charge in [0.05, 0.1) is 25.3 Å². The van der Waals surface area contributed by atoms with Crippen molar-refractivity contribution in [1.82, 2.24) is 10.3 Å². The Bertz CT molecular complexity index is 917. The molecular formula is C20H19ClN2O4. The number of benzene rings is 1. The molecule has 3 aromatic rings. The second-order valence-corrected chi connectivity index (χ2v) is 6.78. The number of carbonyl (C=O) groups is 1. The fraction of sp³-hybridized carbons (Fsp3) is 0.300. The second kappa shape index (κ2) is 7.98. The molecule has 1 fully saturated rings. The molecule has 1 aromatic carbocycles. The van der Waals surface area contributed by atoms with Gasteiger partial charge in [-0.25, -0.2) is 4.98 Å². The van der Waals surface area contributed by atoms with Crippen molar-refractivity contribution in [2.24, 2.45) is 0 Å². The Morgan fingerprint density at radius 2 is 2.07 bits per heavy atom. The predicted octanol–water partition coefficient (Wildman–Crippen LogP) is 3.97. The summed E-state index contributed by atoms with van der Waals surface area (Å²) in [5, 5.41) is 4.13. The SMILES string of the molecule is O=C(NCc1cc2ccccc2o1)c1cnc(OC2CCOCC2)c(Cl)c1. The number of fused-ring (bicyclic) bond motifs is 1. The van der Waals surface area contributed by atoms with E-state index >= 15 is 0 Å². The van der Waals surface area contributed by atoms with Gasteiger partial charge in [0.1, 0.15) is 22.5 Å². The molecule has 1 amide bonds. The first-order valence-corrected chi connectivity index (χ1v) is 9.22. The third-order valence-corrected chi connectivity index (χ3v) is 4.69. The number of hydrogen-bond acceptors (Lipinski definition) is 5. The summed E-state index contributed by atoms with van der Waals surface area (Å²) in [4.78, 5) is 16.6. The van der Waals surface area contributed by atoms with Crippen LogP contribution in [-0.4, -0.2) is 30.2 Å². The molecule has 6 nitrogen and oxygen atoms in total. The van der Waals surface area contributed by atoms with Crippen LogP contribution < -0.4 is 10.1 Å². The molecule has 7 heteroatoms. The molecule has 27 heavy (non-hydrogen) atoms. The summed E-state index contributed by atoms with van der Waals surface area (Å²) in [6, 6.07) is 11.2. The van der Waals surface area contributed by atoms with Gasteiger partial charge in [-0.1, -0.05) is 29.8 Å². The van der Waals surface area contributed by atoms with E-state index in [0.29, 0.717) is 35.4 Å². The van der Waals surface area contributed by atoms with Crippen LogP contribution in [-0.2, 0) is 11.3 Å². The number of pyridine rings is 1. The summed E-state index contributed by atoms with van der Waals surface area (Å²) in [6.45, 7) is 1.63. The molecule has 0 atom stereocenters. The van der Waals surface area contributed by atoms with Gasteiger partial charge in [0.15, 0.2) is 0 Å². The molecule has 0 bridgehead atoms. The second-order valence-electron chi connectivity index (χ2n) is 6.37. The number of furan rings is 1. The highest BCUT2D eigenvalue weighted by molar-refractivity contribution is 6.32. The average molecular weight is 387 g/mol. The van der Waals surface area contributed by atoms with Crippen molar-refractivity contribution < 1.29 is 18.7 Å². The van der Waals surface area contributed by atoms with Crippen molar-refractivity contribution in [2.75, 3.05) is 13.2 Å². The number of carbonyl (C=O) groups excluding carboxylic acids is 1. The molecule has 4 rings (SSSR count). The maximum absolute atomic E-state index is 12.4. The normalized spacial score (nSPS) is 15.0. The number of nitrogens with one attached hydrogen (secondary N) is 1. The highest BCUT2D eigenvalue weighted by Gasteiger charge is 2.18. The Balaban J connectivity index is 1.38. The average Bonchev–Trinajstić information content (AvgIpc) is 3.11. The summed E-state index contributed by atoms with van der Waals surface area (Å²) in [5.41, 5.74) is 1.16. The zero-order chi connectivity index (χ0) is 18.6. The number of halogens is 1. The highest BCUT2D eigenvalue weighted by atomic mass is 35.5. The largest absolute Gasteiger partial charge is 0.473 e. The fourth-order valence-electron chi connectivity index (χ4n) is 2.98. The fourth-order valence-corrected chi connectivity index (χ4v) is 3.19. The number of aromatic nitrogens is 1. The van der Waals surface area contributed by atoms with Gasteiger partial charge in [-0.2, -0.15) is 0 Å². The van der Waals surface area contributed by atoms with Gasteiger partial charge in [-0.05, 0) is 18.2 Å². The van der Waals surface area contributed by atoms with Crippen LogP contribution in [0.5, 0.6) is 5.88 Å². The minimum absolute atomic E-state index is 0.0384. The molecule has 0 saturated carbocycles. The molecule has 0 spiro atoms. The third kappa shape index (κ3) is 4.23. The van der Waals surface area contributed by atoms with Crippen LogP contribution in [0.2, 0.25) is 5.02 Å². The van der Waals surface area contributed by atoms with Crippen LogP contribution in [0.15, 0.2) is 47.0 Å². The molecule has 1 aliphatic heterocycles. The number of para-hydroxylation sites is 1. The van der Waals surface area contributed by atoms with E-state index in [-0.39, 0.29) is 18.6 Å². The molecular weight excluding hydrogens is 368 g/mol. The Hall–Kier alpha value is -2.57. The minimum atomic E-state index is -0.275. The van der Waals surface area contributed by atoms with Gasteiger partial charge >= 0.3 is 0 Å². The van der Waals surface area contributed by atoms with E-state index in [2.05, 4.69) is 10.3 Å². The Morgan fingerprint density at radius 1 is 1.26 bits per heavy atom. The maximum atomic E-state index is 12.4. The summed E-state index contributed by atoms with van der Waals surface area (Å²) in [7, 11) is 0. The summed E-state index contributed by atoms with van der Waals surface area (Å²) in [6.07, 6.45) is 3.11. The number of nitrogens with zero attached hydrogens (tertiary/aromatic N) is 1. The number of ether oxygens (including phenoxy) is 2. The monoisotopic (exact) mass is 386 g/mol. The van der Waals surface area contributed by atoms with E-state index < -0.39 is 0 Å². The molecule has 1 saturated heterocycles. The topological polar surface area (TPSA) is 73.6 Å². The lowest BCUT2D eigenvalue weighted by Gasteiger charge is -2.23. The molecule has 1 N–H and O–H groups in total. The molecule has 0 radical (unpaired) electrons. The van der Waals surface area contributed by atoms with Gasteiger partial charge in [-0.3, -0.25) is 4.79 Å². The molecule has 2 aromatic heterocycles. The van der Waals surface area contributed by atoms with Crippen molar-refractivity contribution in [3.8, 4) is 5.88 Å². The van der Waals surface area contributed by atoms with Crippen molar-refractivity contribution >= 4 is 28.5 Å². The van der Waals surface area contributed by atoms with Crippen molar-refractivity contribution in [3.63, 3.8) is 0 Å². The first kappa shape index (κ1) is 17.8. The van der Waals surface area contributed by atoms with E-state index in [4.69, 9.17) is 25.5 Å². The molecule has 140 valence electrons. The van der Waals surface area contributed by atoms with Crippen LogP contribution in [0, 0.1) is 0 Å². The quantitative estimate of drug-likeness (QED) is 0.718. The van der Waals surface area contributed by atoms with Crippen LogP contribution >= 0.6 is 11.6 Å². The summed E-state index contributed by atoms with van der Waals surface area (Å²) >= 11 is 6.25. The lowest BCUT2D eigenvalue weighted by molar-refractivity contribution is 0.0238. The molecule has 0 unspecified atom stereocenters. The van der Waals surface area contributed by atoms with Crippen LogP contribution in [0.3, 0.4) is 0 Å². The highest BCUT2D eigenvalue weighted by Crippen LogP contribution is 2.25. The zero-order valence-corrected chi connectivity index (χ0v) is 15.4. The van der Waals surface area contributed by atoms with Gasteiger partial charge in [0.2, 0.25) is 5.88 Å². The van der Waals surface area contributed by atoms with E-state index in [1.54, 1.807) is 6.07 Å². The van der Waals surface area contributed by atoms with Crippen LogP contribution in [0.25, 0.3) is 11.0 Å². The van der Waals surface area contributed by atoms with Gasteiger partial charge in [-0.15, -0.1) is 0 Å². The number of rotatable bonds is 5. The predicted molar refractivity (Wildman–Crippen MR) is 101 cm³/mol. The Labute approximate surface area is 161 Å². The lowest BCUT2D eigenvalue weighted by atomic mass is 10.1. The number of amides is 1. The maximum Gasteiger partial charge on any atom is 0.253 e. The van der Waals surface area contributed by atoms with Crippen LogP contribution in [0.4, 0.5) is 0 Å². The minimum Gasteiger partial charge on any atom is -0.473 e. The summed E-state index contributed by atoms with van der Waals surface area (Å²) in [5.74, 6) is 0.753. The standard InChI is InChI=1S/C20H19ClN2O4/c21-17-10-14(11-23-20(17)27-15-5-7-25-8-6-15)19(24)22-12-16-9-13-3-1-2-4-18(13)26-16/h1-4,9-11,15H,5-8,12H2,(H,22,24). The molecule has 1 aliphatic rings. The van der Waals surface area contributed by atoms with E-state index in [1.165, 1.54) is 6.20 Å². The number of hydrogen-bond donors (Lipinski definition) is 1. The van der Waals surface area contributed by atoms with E-state index in [9.17, 15) is 4.79 Å². The van der Waals surface area contributed by atoms with Gasteiger partial charge in [0.25, 0.3) is 5.91 Å². The summed E-state index contributed by atoms with van der Waals surface area (Å²) < 4.78 is 16.8. The van der Waals surface area contributed by atoms with Crippen LogP contribution in [0.1, 0.15) is 29.0 Å². The van der Waals surface area contributed by atoms with Crippen molar-refractivity contribution in [1.29, 1.82) is 0 Å². The van der Waals surface area contributed by atoms with Crippen molar-refractivity contribution in [2.45, 2.75) is 25.5 Å². The Morgan fingerprint density at radius 3 is 2.85 bits per heavy atom. The third-order valence-electron chi connectivity index (χ3n) is 4.42. The molecule has 0 aliphatic carbocycles. The lowest BCUT2D eigenvalue weighted by Crippen LogP contribution is -2.26. The van der Waals surface area contributed by atoms with Gasteiger partial charge < -0.3 is 19.2 Å². The van der Waals surface area contributed by atoms with E-state index in [1.807, 2.05) is 30.3 Å². The molecule has 3 heterocycles. The van der Waals surface area contributed by atoms with E-state index in [0.717, 1.165) is 23.8 Å². The smallest absolute Gasteiger partial charge is 0.253 e. The zero-order valence-electron chi connectivity index (χ0n) is 14.6. The van der Waals surface area contributed by atoms with Gasteiger partial charge in [0, 0.05) is 24.4 Å². The first-order valence-electron chi connectivity index (χ1n) is 8.84. The van der Waals surface area contributed by atoms with Crippen molar-refractivity contribution in [3.05, 3.63) is 58.9 Å².